The summed E-state index contributed by atoms with van der Waals surface area (Å²) in [6.07, 6.45) is 0.777. The SMILES string of the molecule is CO[C@H]1C[C@@H](CO)N(CC(=O)NCCOc2cccc(F)c2)C1. The van der Waals surface area contributed by atoms with E-state index in [1.165, 1.54) is 12.1 Å². The molecule has 0 aromatic heterocycles. The number of aliphatic hydroxyl groups is 1. The Kier molecular flexibility index (Phi) is 6.76. The fourth-order valence-corrected chi connectivity index (χ4v) is 2.65. The molecule has 1 fully saturated rings. The molecule has 0 unspecified atom stereocenters. The predicted molar refractivity (Wildman–Crippen MR) is 82.8 cm³/mol. The molecular weight excluding hydrogens is 303 g/mol. The van der Waals surface area contributed by atoms with Crippen LogP contribution in [0.15, 0.2) is 24.3 Å². The smallest absolute Gasteiger partial charge is 0.234 e. The van der Waals surface area contributed by atoms with E-state index in [9.17, 15) is 14.3 Å². The molecule has 2 N–H and O–H groups in total. The Morgan fingerprint density at radius 1 is 1.52 bits per heavy atom. The van der Waals surface area contributed by atoms with E-state index in [1.54, 1.807) is 19.2 Å². The first-order valence-electron chi connectivity index (χ1n) is 7.65. The zero-order valence-electron chi connectivity index (χ0n) is 13.2. The Hall–Kier alpha value is -1.70. The summed E-state index contributed by atoms with van der Waals surface area (Å²) in [5, 5.41) is 12.1. The summed E-state index contributed by atoms with van der Waals surface area (Å²) in [5.74, 6) is -0.0616. The van der Waals surface area contributed by atoms with Crippen molar-refractivity contribution < 1.29 is 23.8 Å². The zero-order chi connectivity index (χ0) is 16.7. The van der Waals surface area contributed by atoms with E-state index in [0.717, 1.165) is 6.42 Å². The number of ether oxygens (including phenoxy) is 2. The molecule has 1 aliphatic heterocycles. The topological polar surface area (TPSA) is 71.0 Å². The summed E-state index contributed by atoms with van der Waals surface area (Å²) in [7, 11) is 1.63. The van der Waals surface area contributed by atoms with Gasteiger partial charge in [-0.1, -0.05) is 6.07 Å². The van der Waals surface area contributed by atoms with Gasteiger partial charge in [0.05, 0.1) is 25.8 Å². The third-order valence-electron chi connectivity index (χ3n) is 3.87. The van der Waals surface area contributed by atoms with Gasteiger partial charge in [-0.15, -0.1) is 0 Å². The second-order valence-corrected chi connectivity index (χ2v) is 5.52. The Balaban J connectivity index is 1.67. The Bertz CT molecular complexity index is 515. The van der Waals surface area contributed by atoms with E-state index in [-0.39, 0.29) is 43.6 Å². The van der Waals surface area contributed by atoms with E-state index in [4.69, 9.17) is 9.47 Å². The first kappa shape index (κ1) is 17.7. The standard InChI is InChI=1S/C16H23FN2O4/c1-22-15-8-13(11-20)19(9-15)10-16(21)18-5-6-23-14-4-2-3-12(17)7-14/h2-4,7,13,15,20H,5-6,8-11H2,1H3,(H,18,21)/t13-,15-/m0/s1. The van der Waals surface area contributed by atoms with Crippen molar-refractivity contribution in [3.8, 4) is 5.75 Å². The molecule has 2 rings (SSSR count). The summed E-state index contributed by atoms with van der Waals surface area (Å²) in [5.41, 5.74) is 0. The van der Waals surface area contributed by atoms with Crippen molar-refractivity contribution in [2.75, 3.05) is 40.0 Å². The van der Waals surface area contributed by atoms with Gasteiger partial charge in [0.15, 0.2) is 0 Å². The van der Waals surface area contributed by atoms with Gasteiger partial charge in [0.2, 0.25) is 5.91 Å². The van der Waals surface area contributed by atoms with Crippen molar-refractivity contribution in [1.29, 1.82) is 0 Å². The maximum atomic E-state index is 13.0. The zero-order valence-corrected chi connectivity index (χ0v) is 13.2. The van der Waals surface area contributed by atoms with Gasteiger partial charge < -0.3 is 19.9 Å². The van der Waals surface area contributed by atoms with Crippen molar-refractivity contribution >= 4 is 5.91 Å². The lowest BCUT2D eigenvalue weighted by molar-refractivity contribution is -0.122. The molecule has 7 heteroatoms. The van der Waals surface area contributed by atoms with E-state index >= 15 is 0 Å². The van der Waals surface area contributed by atoms with Gasteiger partial charge >= 0.3 is 0 Å². The van der Waals surface area contributed by atoms with Crippen molar-refractivity contribution in [3.63, 3.8) is 0 Å². The molecular formula is C16H23FN2O4. The number of carbonyl (C=O) groups excluding carboxylic acids is 1. The molecule has 23 heavy (non-hydrogen) atoms. The number of nitrogens with zero attached hydrogens (tertiary/aromatic N) is 1. The number of rotatable bonds is 8. The summed E-state index contributed by atoms with van der Waals surface area (Å²) < 4.78 is 23.6. The van der Waals surface area contributed by atoms with Crippen molar-refractivity contribution in [2.24, 2.45) is 0 Å². The van der Waals surface area contributed by atoms with E-state index in [2.05, 4.69) is 5.32 Å². The number of carbonyl (C=O) groups is 1. The highest BCUT2D eigenvalue weighted by atomic mass is 19.1. The van der Waals surface area contributed by atoms with Crippen LogP contribution in [-0.2, 0) is 9.53 Å². The number of halogens is 1. The molecule has 0 radical (unpaired) electrons. The van der Waals surface area contributed by atoms with Crippen LogP contribution < -0.4 is 10.1 Å². The number of amides is 1. The van der Waals surface area contributed by atoms with Crippen LogP contribution in [-0.4, -0.2) is 68.0 Å². The largest absolute Gasteiger partial charge is 0.492 e. The average molecular weight is 326 g/mol. The van der Waals surface area contributed by atoms with Crippen LogP contribution in [0.4, 0.5) is 4.39 Å². The van der Waals surface area contributed by atoms with Crippen molar-refractivity contribution in [1.82, 2.24) is 10.2 Å². The molecule has 128 valence electrons. The lowest BCUT2D eigenvalue weighted by atomic mass is 10.2. The summed E-state index contributed by atoms with van der Waals surface area (Å²) in [6.45, 7) is 1.45. The van der Waals surface area contributed by atoms with Crippen LogP contribution in [0.1, 0.15) is 6.42 Å². The average Bonchev–Trinajstić information content (AvgIpc) is 2.93. The van der Waals surface area contributed by atoms with Gasteiger partial charge in [-0.25, -0.2) is 4.39 Å². The Labute approximate surface area is 135 Å². The van der Waals surface area contributed by atoms with Gasteiger partial charge in [0.25, 0.3) is 0 Å². The molecule has 1 amide bonds. The lowest BCUT2D eigenvalue weighted by Gasteiger charge is -2.21. The number of likely N-dealkylation sites (tertiary alicyclic amines) is 1. The van der Waals surface area contributed by atoms with Gasteiger partial charge in [0.1, 0.15) is 18.2 Å². The monoisotopic (exact) mass is 326 g/mol. The molecule has 6 nitrogen and oxygen atoms in total. The van der Waals surface area contributed by atoms with Crippen LogP contribution in [0, 0.1) is 5.82 Å². The second kappa shape index (κ2) is 8.81. The highest BCUT2D eigenvalue weighted by Gasteiger charge is 2.32. The molecule has 1 aromatic carbocycles. The molecule has 2 atom stereocenters. The fraction of sp³-hybridized carbons (Fsp3) is 0.562. The molecule has 1 saturated heterocycles. The van der Waals surface area contributed by atoms with Crippen molar-refractivity contribution in [2.45, 2.75) is 18.6 Å². The number of hydrogen-bond acceptors (Lipinski definition) is 5. The minimum absolute atomic E-state index is 0.00974. The van der Waals surface area contributed by atoms with Gasteiger partial charge in [0, 0.05) is 25.8 Å². The normalized spacial score (nSPS) is 21.3. The predicted octanol–water partition coefficient (Wildman–Crippen LogP) is 0.402. The maximum Gasteiger partial charge on any atom is 0.234 e. The van der Waals surface area contributed by atoms with Gasteiger partial charge in [-0.2, -0.15) is 0 Å². The highest BCUT2D eigenvalue weighted by Crippen LogP contribution is 2.19. The van der Waals surface area contributed by atoms with Crippen LogP contribution in [0.2, 0.25) is 0 Å². The summed E-state index contributed by atoms with van der Waals surface area (Å²) in [4.78, 5) is 13.8. The van der Waals surface area contributed by atoms with Crippen LogP contribution in [0.5, 0.6) is 5.75 Å². The van der Waals surface area contributed by atoms with Crippen LogP contribution >= 0.6 is 0 Å². The molecule has 1 aliphatic rings. The third-order valence-corrected chi connectivity index (χ3v) is 3.87. The first-order valence-corrected chi connectivity index (χ1v) is 7.65. The number of benzene rings is 1. The van der Waals surface area contributed by atoms with E-state index in [1.807, 2.05) is 4.90 Å². The molecule has 0 spiro atoms. The number of aliphatic hydroxyl groups excluding tert-OH is 1. The molecule has 0 aliphatic carbocycles. The van der Waals surface area contributed by atoms with Crippen LogP contribution in [0.3, 0.4) is 0 Å². The maximum absolute atomic E-state index is 13.0. The quantitative estimate of drug-likeness (QED) is 0.677. The van der Waals surface area contributed by atoms with Gasteiger partial charge in [-0.3, -0.25) is 9.69 Å². The molecule has 1 heterocycles. The minimum Gasteiger partial charge on any atom is -0.492 e. The summed E-state index contributed by atoms with van der Waals surface area (Å²) >= 11 is 0. The number of nitrogens with one attached hydrogen (secondary N) is 1. The fourth-order valence-electron chi connectivity index (χ4n) is 2.65. The lowest BCUT2D eigenvalue weighted by Crippen LogP contribution is -2.42. The highest BCUT2D eigenvalue weighted by molar-refractivity contribution is 5.78. The number of methoxy groups -OCH3 is 1. The van der Waals surface area contributed by atoms with E-state index in [0.29, 0.717) is 18.8 Å². The van der Waals surface area contributed by atoms with Crippen LogP contribution in [0.25, 0.3) is 0 Å². The number of hydrogen-bond donors (Lipinski definition) is 2. The van der Waals surface area contributed by atoms with Crippen molar-refractivity contribution in [3.05, 3.63) is 30.1 Å². The van der Waals surface area contributed by atoms with E-state index < -0.39 is 0 Å². The minimum atomic E-state index is -0.358. The second-order valence-electron chi connectivity index (χ2n) is 5.52. The summed E-state index contributed by atoms with van der Waals surface area (Å²) in [6, 6.07) is 5.82. The Morgan fingerprint density at radius 2 is 2.35 bits per heavy atom. The first-order chi connectivity index (χ1) is 11.1. The molecule has 0 saturated carbocycles. The Morgan fingerprint density at radius 3 is 3.04 bits per heavy atom. The third kappa shape index (κ3) is 5.46. The molecule has 0 bridgehead atoms. The van der Waals surface area contributed by atoms with Gasteiger partial charge in [-0.05, 0) is 18.6 Å². The molecule has 1 aromatic rings.